The Hall–Kier alpha value is -0.440. The molecule has 0 aliphatic carbocycles. The molecule has 6 nitrogen and oxygen atoms in total. The molecule has 0 unspecified atom stereocenters. The van der Waals surface area contributed by atoms with Crippen molar-refractivity contribution in [2.24, 2.45) is 5.14 Å². The molecule has 1 rings (SSSR count). The maximum atomic E-state index is 10.5. The number of hydrogen-bond donors (Lipinski definition) is 2. The number of sulfonamides is 1. The van der Waals surface area contributed by atoms with Gasteiger partial charge in [0.05, 0.1) is 0 Å². The Morgan fingerprint density at radius 1 is 1.36 bits per heavy atom. The third-order valence-corrected chi connectivity index (χ3v) is 2.73. The summed E-state index contributed by atoms with van der Waals surface area (Å²) in [5.74, 6) is 0. The van der Waals surface area contributed by atoms with Crippen LogP contribution >= 0.6 is 23.7 Å². The van der Waals surface area contributed by atoms with Gasteiger partial charge >= 0.3 is 0 Å². The largest absolute Gasteiger partial charge is 0.374 e. The van der Waals surface area contributed by atoms with E-state index < -0.39 is 10.0 Å². The monoisotopic (exact) mass is 216 g/mol. The summed E-state index contributed by atoms with van der Waals surface area (Å²) in [7, 11) is -3.72. The third-order valence-electron chi connectivity index (χ3n) is 0.665. The number of hydrogen-bond acceptors (Lipinski definition) is 6. The normalized spacial score (nSPS) is 10.6. The highest BCUT2D eigenvalue weighted by Crippen LogP contribution is 2.14. The van der Waals surface area contributed by atoms with Crippen LogP contribution in [-0.2, 0) is 10.0 Å². The topological polar surface area (TPSA) is 112 Å². The van der Waals surface area contributed by atoms with E-state index in [1.54, 1.807) is 0 Å². The average molecular weight is 217 g/mol. The van der Waals surface area contributed by atoms with Crippen LogP contribution in [-0.4, -0.2) is 18.6 Å². The van der Waals surface area contributed by atoms with E-state index in [1.165, 1.54) is 0 Å². The lowest BCUT2D eigenvalue weighted by Gasteiger charge is -1.83. The van der Waals surface area contributed by atoms with Gasteiger partial charge in [0.15, 0.2) is 0 Å². The summed E-state index contributed by atoms with van der Waals surface area (Å²) in [6, 6.07) is 0. The lowest BCUT2D eigenvalue weighted by atomic mass is 11.3. The number of anilines is 1. The van der Waals surface area contributed by atoms with E-state index in [-0.39, 0.29) is 21.9 Å². The van der Waals surface area contributed by atoms with Crippen LogP contribution in [0.15, 0.2) is 4.34 Å². The lowest BCUT2D eigenvalue weighted by Crippen LogP contribution is -2.11. The first-order valence-electron chi connectivity index (χ1n) is 2.12. The molecular formula is C2H5ClN4O2S2. The Morgan fingerprint density at radius 2 is 1.91 bits per heavy atom. The molecule has 0 spiro atoms. The van der Waals surface area contributed by atoms with Gasteiger partial charge in [-0.2, -0.15) is 0 Å². The molecule has 0 radical (unpaired) electrons. The van der Waals surface area contributed by atoms with Crippen molar-refractivity contribution in [3.63, 3.8) is 0 Å². The van der Waals surface area contributed by atoms with Crippen molar-refractivity contribution in [2.75, 3.05) is 5.73 Å². The maximum Gasteiger partial charge on any atom is 0.267 e. The fourth-order valence-corrected chi connectivity index (χ4v) is 1.55. The number of rotatable bonds is 1. The second-order valence-electron chi connectivity index (χ2n) is 1.45. The molecular weight excluding hydrogens is 212 g/mol. The summed E-state index contributed by atoms with van der Waals surface area (Å²) < 4.78 is 20.7. The Morgan fingerprint density at radius 3 is 2.09 bits per heavy atom. The van der Waals surface area contributed by atoms with E-state index in [9.17, 15) is 8.42 Å². The molecule has 0 bridgehead atoms. The standard InChI is InChI=1S/C2H4N4O2S2.ClH/c3-1-5-6-2(9-1)10(4,7)8;/h(H2,3,5)(H2,4,7,8);1H. The lowest BCUT2D eigenvalue weighted by molar-refractivity contribution is 0.596. The van der Waals surface area contributed by atoms with Crippen molar-refractivity contribution >= 4 is 38.9 Å². The van der Waals surface area contributed by atoms with Gasteiger partial charge in [-0.1, -0.05) is 11.3 Å². The van der Waals surface area contributed by atoms with Crippen LogP contribution in [0.1, 0.15) is 0 Å². The fraction of sp³-hybridized carbons (Fsp3) is 0. The molecule has 4 N–H and O–H groups in total. The molecule has 0 amide bonds. The number of nitrogens with two attached hydrogens (primary N) is 2. The third kappa shape index (κ3) is 2.58. The minimum atomic E-state index is -3.72. The second-order valence-corrected chi connectivity index (χ2v) is 4.20. The molecule has 64 valence electrons. The summed E-state index contributed by atoms with van der Waals surface area (Å²) in [5, 5.41) is 11.3. The van der Waals surface area contributed by atoms with E-state index in [4.69, 9.17) is 10.9 Å². The number of nitrogens with zero attached hydrogens (tertiary/aromatic N) is 2. The number of primary sulfonamides is 1. The summed E-state index contributed by atoms with van der Waals surface area (Å²) in [6.07, 6.45) is 0. The Balaban J connectivity index is 0.000001000. The first-order valence-corrected chi connectivity index (χ1v) is 4.48. The van der Waals surface area contributed by atoms with Crippen molar-refractivity contribution in [1.82, 2.24) is 10.2 Å². The van der Waals surface area contributed by atoms with Gasteiger partial charge in [0.2, 0.25) is 9.47 Å². The highest BCUT2D eigenvalue weighted by molar-refractivity contribution is 7.91. The summed E-state index contributed by atoms with van der Waals surface area (Å²) in [6.45, 7) is 0. The predicted molar refractivity (Wildman–Crippen MR) is 42.9 cm³/mol. The zero-order valence-electron chi connectivity index (χ0n) is 5.09. The predicted octanol–water partition coefficient (Wildman–Crippen LogP) is -0.811. The van der Waals surface area contributed by atoms with Crippen LogP contribution in [0.5, 0.6) is 0 Å². The van der Waals surface area contributed by atoms with Gasteiger partial charge in [0.25, 0.3) is 10.0 Å². The highest BCUT2D eigenvalue weighted by Gasteiger charge is 2.12. The second kappa shape index (κ2) is 3.30. The molecule has 0 atom stereocenters. The molecule has 1 heterocycles. The molecule has 0 saturated heterocycles. The van der Waals surface area contributed by atoms with Crippen molar-refractivity contribution in [1.29, 1.82) is 0 Å². The number of aromatic nitrogens is 2. The fourth-order valence-electron chi connectivity index (χ4n) is 0.335. The van der Waals surface area contributed by atoms with Gasteiger partial charge in [-0.25, -0.2) is 13.6 Å². The first kappa shape index (κ1) is 10.6. The van der Waals surface area contributed by atoms with Crippen LogP contribution in [0.3, 0.4) is 0 Å². The van der Waals surface area contributed by atoms with Crippen molar-refractivity contribution in [2.45, 2.75) is 4.34 Å². The van der Waals surface area contributed by atoms with Crippen molar-refractivity contribution < 1.29 is 8.42 Å². The van der Waals surface area contributed by atoms with Gasteiger partial charge in [0.1, 0.15) is 0 Å². The molecule has 9 heteroatoms. The zero-order valence-corrected chi connectivity index (χ0v) is 7.54. The quantitative estimate of drug-likeness (QED) is 0.638. The van der Waals surface area contributed by atoms with E-state index in [2.05, 4.69) is 10.2 Å². The van der Waals surface area contributed by atoms with Gasteiger partial charge in [-0.15, -0.1) is 22.6 Å². The molecule has 0 aromatic carbocycles. The van der Waals surface area contributed by atoms with E-state index in [0.29, 0.717) is 0 Å². The van der Waals surface area contributed by atoms with E-state index >= 15 is 0 Å². The number of nitrogen functional groups attached to an aromatic ring is 1. The van der Waals surface area contributed by atoms with Gasteiger partial charge < -0.3 is 5.73 Å². The van der Waals surface area contributed by atoms with E-state index in [0.717, 1.165) is 11.3 Å². The molecule has 0 aliphatic rings. The smallest absolute Gasteiger partial charge is 0.267 e. The van der Waals surface area contributed by atoms with Crippen molar-refractivity contribution in [3.05, 3.63) is 0 Å². The Kier molecular flexibility index (Phi) is 3.17. The van der Waals surface area contributed by atoms with Gasteiger partial charge in [0, 0.05) is 0 Å². The Labute approximate surface area is 73.1 Å². The molecule has 1 aromatic rings. The van der Waals surface area contributed by atoms with E-state index in [1.807, 2.05) is 0 Å². The first-order chi connectivity index (χ1) is 4.50. The molecule has 0 saturated carbocycles. The molecule has 11 heavy (non-hydrogen) atoms. The average Bonchev–Trinajstić information content (AvgIpc) is 2.11. The van der Waals surface area contributed by atoms with Crippen LogP contribution in [0.4, 0.5) is 5.13 Å². The van der Waals surface area contributed by atoms with Crippen LogP contribution in [0.2, 0.25) is 0 Å². The molecule has 0 fully saturated rings. The number of halogens is 1. The minimum Gasteiger partial charge on any atom is -0.374 e. The van der Waals surface area contributed by atoms with Crippen LogP contribution < -0.4 is 10.9 Å². The Bertz CT molecular complexity index is 332. The summed E-state index contributed by atoms with van der Waals surface area (Å²) in [4.78, 5) is 0. The molecule has 1 aromatic heterocycles. The molecule has 0 aliphatic heterocycles. The van der Waals surface area contributed by atoms with Crippen molar-refractivity contribution in [3.8, 4) is 0 Å². The van der Waals surface area contributed by atoms with Gasteiger partial charge in [-0.3, -0.25) is 0 Å². The maximum absolute atomic E-state index is 10.5. The van der Waals surface area contributed by atoms with Gasteiger partial charge in [-0.05, 0) is 0 Å². The van der Waals surface area contributed by atoms with Crippen LogP contribution in [0, 0.1) is 0 Å². The summed E-state index contributed by atoms with van der Waals surface area (Å²) in [5.41, 5.74) is 5.10. The highest BCUT2D eigenvalue weighted by atomic mass is 35.5. The minimum absolute atomic E-state index is 0. The van der Waals surface area contributed by atoms with Crippen LogP contribution in [0.25, 0.3) is 0 Å². The SMILES string of the molecule is Cl.Nc1nnc(S(N)(=O)=O)s1. The zero-order chi connectivity index (χ0) is 7.78. The summed E-state index contributed by atoms with van der Waals surface area (Å²) >= 11 is 0.737.